The standard InChI is InChI=1S/C17H15N3O2/c1-2-14-12-7-15-16(22-9-21-15)8-13(12)17(20-19-14)10-4-3-5-11(18)6-10/h3-8H,2,9,18H2,1H3. The van der Waals surface area contributed by atoms with Crippen molar-refractivity contribution in [2.24, 2.45) is 0 Å². The minimum Gasteiger partial charge on any atom is -0.454 e. The monoisotopic (exact) mass is 293 g/mol. The van der Waals surface area contributed by atoms with E-state index < -0.39 is 0 Å². The van der Waals surface area contributed by atoms with E-state index in [1.165, 1.54) is 0 Å². The summed E-state index contributed by atoms with van der Waals surface area (Å²) < 4.78 is 11.0. The first-order valence-corrected chi connectivity index (χ1v) is 7.21. The van der Waals surface area contributed by atoms with Gasteiger partial charge in [-0.25, -0.2) is 0 Å². The van der Waals surface area contributed by atoms with Gasteiger partial charge in [-0.3, -0.25) is 0 Å². The highest BCUT2D eigenvalue weighted by atomic mass is 16.7. The van der Waals surface area contributed by atoms with Crippen LogP contribution in [-0.4, -0.2) is 17.0 Å². The molecule has 2 aromatic carbocycles. The fourth-order valence-corrected chi connectivity index (χ4v) is 2.76. The third-order valence-electron chi connectivity index (χ3n) is 3.84. The molecule has 0 aliphatic carbocycles. The molecule has 0 bridgehead atoms. The molecule has 0 amide bonds. The lowest BCUT2D eigenvalue weighted by atomic mass is 10.0. The van der Waals surface area contributed by atoms with E-state index in [4.69, 9.17) is 15.2 Å². The van der Waals surface area contributed by atoms with E-state index in [2.05, 4.69) is 17.1 Å². The van der Waals surface area contributed by atoms with Gasteiger partial charge in [0.2, 0.25) is 6.79 Å². The van der Waals surface area contributed by atoms with Crippen LogP contribution in [0, 0.1) is 0 Å². The van der Waals surface area contributed by atoms with E-state index in [9.17, 15) is 0 Å². The second kappa shape index (κ2) is 4.87. The number of fused-ring (bicyclic) bond motifs is 2. The van der Waals surface area contributed by atoms with E-state index in [0.717, 1.165) is 45.6 Å². The Kier molecular flexibility index (Phi) is 2.85. The third kappa shape index (κ3) is 1.94. The average molecular weight is 293 g/mol. The minimum absolute atomic E-state index is 0.252. The van der Waals surface area contributed by atoms with Crippen molar-refractivity contribution in [1.82, 2.24) is 10.2 Å². The number of nitrogen functional groups attached to an aromatic ring is 1. The minimum atomic E-state index is 0.252. The van der Waals surface area contributed by atoms with Gasteiger partial charge in [0.25, 0.3) is 0 Å². The molecule has 22 heavy (non-hydrogen) atoms. The molecule has 0 atom stereocenters. The van der Waals surface area contributed by atoms with Crippen LogP contribution in [0.5, 0.6) is 11.5 Å². The maximum Gasteiger partial charge on any atom is 0.231 e. The molecule has 110 valence electrons. The van der Waals surface area contributed by atoms with Gasteiger partial charge in [-0.2, -0.15) is 5.10 Å². The molecule has 2 heterocycles. The molecule has 0 spiro atoms. The number of hydrogen-bond donors (Lipinski definition) is 1. The highest BCUT2D eigenvalue weighted by Gasteiger charge is 2.19. The molecule has 1 aliphatic rings. The number of nitrogens with two attached hydrogens (primary N) is 1. The molecule has 0 saturated heterocycles. The number of benzene rings is 2. The zero-order valence-electron chi connectivity index (χ0n) is 12.2. The van der Waals surface area contributed by atoms with E-state index in [-0.39, 0.29) is 6.79 Å². The van der Waals surface area contributed by atoms with Crippen LogP contribution >= 0.6 is 0 Å². The van der Waals surface area contributed by atoms with Crippen molar-refractivity contribution >= 4 is 16.5 Å². The first kappa shape index (κ1) is 12.9. The van der Waals surface area contributed by atoms with E-state index in [0.29, 0.717) is 5.69 Å². The maximum atomic E-state index is 5.89. The molecule has 0 radical (unpaired) electrons. The predicted octanol–water partition coefficient (Wildman–Crippen LogP) is 3.17. The van der Waals surface area contributed by atoms with Crippen molar-refractivity contribution < 1.29 is 9.47 Å². The third-order valence-corrected chi connectivity index (χ3v) is 3.84. The molecule has 0 unspecified atom stereocenters. The van der Waals surface area contributed by atoms with Gasteiger partial charge in [-0.15, -0.1) is 5.10 Å². The van der Waals surface area contributed by atoms with Crippen LogP contribution in [0.2, 0.25) is 0 Å². The molecule has 4 rings (SSSR count). The molecule has 5 nitrogen and oxygen atoms in total. The molecule has 5 heteroatoms. The topological polar surface area (TPSA) is 70.3 Å². The number of aromatic nitrogens is 2. The molecular weight excluding hydrogens is 278 g/mol. The van der Waals surface area contributed by atoms with Crippen LogP contribution < -0.4 is 15.2 Å². The summed E-state index contributed by atoms with van der Waals surface area (Å²) in [7, 11) is 0. The van der Waals surface area contributed by atoms with Crippen molar-refractivity contribution in [2.75, 3.05) is 12.5 Å². The number of hydrogen-bond acceptors (Lipinski definition) is 5. The number of aryl methyl sites for hydroxylation is 1. The summed E-state index contributed by atoms with van der Waals surface area (Å²) >= 11 is 0. The molecular formula is C17H15N3O2. The SMILES string of the molecule is CCc1nnc(-c2cccc(N)c2)c2cc3c(cc12)OCO3. The first-order chi connectivity index (χ1) is 10.8. The zero-order valence-corrected chi connectivity index (χ0v) is 12.2. The molecule has 1 aliphatic heterocycles. The summed E-state index contributed by atoms with van der Waals surface area (Å²) in [5.74, 6) is 1.50. The largest absolute Gasteiger partial charge is 0.454 e. The Bertz CT molecular complexity index is 877. The van der Waals surface area contributed by atoms with Crippen LogP contribution in [-0.2, 0) is 6.42 Å². The van der Waals surface area contributed by atoms with Gasteiger partial charge < -0.3 is 15.2 Å². The van der Waals surface area contributed by atoms with Crippen LogP contribution in [0.3, 0.4) is 0 Å². The Morgan fingerprint density at radius 1 is 1.05 bits per heavy atom. The molecule has 0 saturated carbocycles. The Hall–Kier alpha value is -2.82. The summed E-state index contributed by atoms with van der Waals surface area (Å²) in [5, 5.41) is 10.8. The average Bonchev–Trinajstić information content (AvgIpc) is 2.99. The Morgan fingerprint density at radius 3 is 2.55 bits per heavy atom. The molecule has 3 aromatic rings. The quantitative estimate of drug-likeness (QED) is 0.735. The number of anilines is 1. The summed E-state index contributed by atoms with van der Waals surface area (Å²) in [6.07, 6.45) is 0.806. The van der Waals surface area contributed by atoms with Gasteiger partial charge in [0.15, 0.2) is 11.5 Å². The van der Waals surface area contributed by atoms with Crippen molar-refractivity contribution in [3.63, 3.8) is 0 Å². The zero-order chi connectivity index (χ0) is 15.1. The Morgan fingerprint density at radius 2 is 1.82 bits per heavy atom. The normalized spacial score (nSPS) is 12.8. The van der Waals surface area contributed by atoms with Gasteiger partial charge in [-0.05, 0) is 30.7 Å². The van der Waals surface area contributed by atoms with Gasteiger partial charge >= 0.3 is 0 Å². The number of ether oxygens (including phenoxy) is 2. The summed E-state index contributed by atoms with van der Waals surface area (Å²) in [4.78, 5) is 0. The van der Waals surface area contributed by atoms with E-state index >= 15 is 0 Å². The van der Waals surface area contributed by atoms with Gasteiger partial charge in [-0.1, -0.05) is 19.1 Å². The summed E-state index contributed by atoms with van der Waals surface area (Å²) in [6, 6.07) is 11.6. The van der Waals surface area contributed by atoms with Crippen LogP contribution in [0.25, 0.3) is 22.0 Å². The van der Waals surface area contributed by atoms with Crippen LogP contribution in [0.1, 0.15) is 12.6 Å². The summed E-state index contributed by atoms with van der Waals surface area (Å²) in [6.45, 7) is 2.32. The van der Waals surface area contributed by atoms with Crippen LogP contribution in [0.4, 0.5) is 5.69 Å². The second-order valence-corrected chi connectivity index (χ2v) is 5.23. The van der Waals surface area contributed by atoms with Crippen LogP contribution in [0.15, 0.2) is 36.4 Å². The van der Waals surface area contributed by atoms with Crippen molar-refractivity contribution in [2.45, 2.75) is 13.3 Å². The van der Waals surface area contributed by atoms with E-state index in [1.807, 2.05) is 36.4 Å². The maximum absolute atomic E-state index is 5.89. The van der Waals surface area contributed by atoms with E-state index in [1.54, 1.807) is 0 Å². The van der Waals surface area contributed by atoms with Crippen molar-refractivity contribution in [1.29, 1.82) is 0 Å². The summed E-state index contributed by atoms with van der Waals surface area (Å²) in [5.41, 5.74) is 9.29. The predicted molar refractivity (Wildman–Crippen MR) is 84.9 cm³/mol. The van der Waals surface area contributed by atoms with Crippen molar-refractivity contribution in [3.8, 4) is 22.8 Å². The molecule has 1 aromatic heterocycles. The molecule has 0 fully saturated rings. The first-order valence-electron chi connectivity index (χ1n) is 7.21. The lowest BCUT2D eigenvalue weighted by Crippen LogP contribution is -1.97. The highest BCUT2D eigenvalue weighted by Crippen LogP contribution is 2.39. The lowest BCUT2D eigenvalue weighted by Gasteiger charge is -2.10. The van der Waals surface area contributed by atoms with Gasteiger partial charge in [0, 0.05) is 22.0 Å². The second-order valence-electron chi connectivity index (χ2n) is 5.23. The molecule has 2 N–H and O–H groups in total. The highest BCUT2D eigenvalue weighted by molar-refractivity contribution is 5.98. The fourth-order valence-electron chi connectivity index (χ4n) is 2.76. The lowest BCUT2D eigenvalue weighted by molar-refractivity contribution is 0.174. The smallest absolute Gasteiger partial charge is 0.231 e. The van der Waals surface area contributed by atoms with Gasteiger partial charge in [0.1, 0.15) is 5.69 Å². The fraction of sp³-hybridized carbons (Fsp3) is 0.176. The van der Waals surface area contributed by atoms with Crippen molar-refractivity contribution in [3.05, 3.63) is 42.1 Å². The van der Waals surface area contributed by atoms with Gasteiger partial charge in [0.05, 0.1) is 5.69 Å². The Labute approximate surface area is 127 Å². The number of nitrogens with zero attached hydrogens (tertiary/aromatic N) is 2. The number of rotatable bonds is 2. The Balaban J connectivity index is 2.03.